The van der Waals surface area contributed by atoms with Crippen molar-refractivity contribution in [1.29, 1.82) is 0 Å². The Morgan fingerprint density at radius 1 is 1.04 bits per heavy atom. The third-order valence-corrected chi connectivity index (χ3v) is 5.54. The molecule has 0 atom stereocenters. The minimum absolute atomic E-state index is 0.278. The minimum Gasteiger partial charge on any atom is -0.289 e. The van der Waals surface area contributed by atoms with Gasteiger partial charge in [0.15, 0.2) is 5.17 Å². The fourth-order valence-corrected chi connectivity index (χ4v) is 4.09. The SMILES string of the molecule is Cc1ccccc1N=C1SCCN1C(=O)CN1C(=O)c2ccccc2C1=O. The largest absolute Gasteiger partial charge is 0.289 e. The van der Waals surface area contributed by atoms with Crippen LogP contribution in [0.25, 0.3) is 0 Å². The number of imide groups is 1. The molecule has 136 valence electrons. The van der Waals surface area contributed by atoms with Gasteiger partial charge >= 0.3 is 0 Å². The number of benzene rings is 2. The molecule has 0 bridgehead atoms. The number of aliphatic imine (C=N–C) groups is 1. The lowest BCUT2D eigenvalue weighted by Gasteiger charge is -2.20. The summed E-state index contributed by atoms with van der Waals surface area (Å²) < 4.78 is 0. The molecule has 1 saturated heterocycles. The molecule has 27 heavy (non-hydrogen) atoms. The van der Waals surface area contributed by atoms with Crippen LogP contribution in [0, 0.1) is 6.92 Å². The van der Waals surface area contributed by atoms with Crippen LogP contribution in [-0.2, 0) is 4.79 Å². The van der Waals surface area contributed by atoms with Gasteiger partial charge in [0.2, 0.25) is 5.91 Å². The molecule has 0 spiro atoms. The van der Waals surface area contributed by atoms with E-state index in [1.165, 1.54) is 11.8 Å². The molecule has 2 aliphatic rings. The molecule has 0 N–H and O–H groups in total. The first-order chi connectivity index (χ1) is 13.1. The van der Waals surface area contributed by atoms with Crippen molar-refractivity contribution in [2.45, 2.75) is 6.92 Å². The summed E-state index contributed by atoms with van der Waals surface area (Å²) in [7, 11) is 0. The van der Waals surface area contributed by atoms with E-state index in [1.807, 2.05) is 31.2 Å². The maximum absolute atomic E-state index is 12.8. The molecule has 2 aromatic rings. The number of fused-ring (bicyclic) bond motifs is 1. The summed E-state index contributed by atoms with van der Waals surface area (Å²) in [5.41, 5.74) is 2.52. The standard InChI is InChI=1S/C20H17N3O3S/c1-13-6-2-5-9-16(13)21-20-22(10-11-27-20)17(24)12-23-18(25)14-7-3-4-8-15(14)19(23)26/h2-9H,10-12H2,1H3. The molecule has 4 rings (SSSR count). The van der Waals surface area contributed by atoms with Gasteiger partial charge in [-0.25, -0.2) is 4.99 Å². The van der Waals surface area contributed by atoms with E-state index in [2.05, 4.69) is 4.99 Å². The third kappa shape index (κ3) is 3.14. The van der Waals surface area contributed by atoms with Crippen molar-refractivity contribution in [1.82, 2.24) is 9.80 Å². The maximum atomic E-state index is 12.8. The number of hydrogen-bond acceptors (Lipinski definition) is 5. The van der Waals surface area contributed by atoms with Crippen molar-refractivity contribution < 1.29 is 14.4 Å². The molecule has 0 aromatic heterocycles. The van der Waals surface area contributed by atoms with Crippen LogP contribution in [0.15, 0.2) is 53.5 Å². The number of amidine groups is 1. The van der Waals surface area contributed by atoms with Gasteiger partial charge in [0.25, 0.3) is 11.8 Å². The predicted octanol–water partition coefficient (Wildman–Crippen LogP) is 2.85. The van der Waals surface area contributed by atoms with Gasteiger partial charge in [-0.3, -0.25) is 24.2 Å². The van der Waals surface area contributed by atoms with E-state index < -0.39 is 11.8 Å². The average Bonchev–Trinajstić information content (AvgIpc) is 3.23. The van der Waals surface area contributed by atoms with Gasteiger partial charge in [0, 0.05) is 12.3 Å². The highest BCUT2D eigenvalue weighted by Crippen LogP contribution is 2.26. The second-order valence-electron chi connectivity index (χ2n) is 6.32. The van der Waals surface area contributed by atoms with Crippen LogP contribution in [0.1, 0.15) is 26.3 Å². The van der Waals surface area contributed by atoms with Crippen LogP contribution in [-0.4, -0.2) is 51.5 Å². The van der Waals surface area contributed by atoms with Gasteiger partial charge in [-0.1, -0.05) is 42.1 Å². The van der Waals surface area contributed by atoms with E-state index in [-0.39, 0.29) is 12.5 Å². The van der Waals surface area contributed by atoms with Crippen LogP contribution in [0.5, 0.6) is 0 Å². The first-order valence-corrected chi connectivity index (χ1v) is 9.57. The monoisotopic (exact) mass is 379 g/mol. The fourth-order valence-electron chi connectivity index (χ4n) is 3.12. The molecule has 2 heterocycles. The van der Waals surface area contributed by atoms with Crippen LogP contribution < -0.4 is 0 Å². The second-order valence-corrected chi connectivity index (χ2v) is 7.38. The van der Waals surface area contributed by atoms with E-state index in [4.69, 9.17) is 0 Å². The summed E-state index contributed by atoms with van der Waals surface area (Å²) in [6.45, 7) is 2.20. The van der Waals surface area contributed by atoms with E-state index in [9.17, 15) is 14.4 Å². The average molecular weight is 379 g/mol. The normalized spacial score (nSPS) is 17.7. The Morgan fingerprint density at radius 3 is 2.33 bits per heavy atom. The van der Waals surface area contributed by atoms with E-state index in [0.29, 0.717) is 22.8 Å². The molecule has 0 aliphatic carbocycles. The van der Waals surface area contributed by atoms with Crippen molar-refractivity contribution >= 4 is 40.3 Å². The lowest BCUT2D eigenvalue weighted by molar-refractivity contribution is -0.127. The Bertz CT molecular complexity index is 951. The van der Waals surface area contributed by atoms with E-state index >= 15 is 0 Å². The zero-order valence-electron chi connectivity index (χ0n) is 14.7. The fraction of sp³-hybridized carbons (Fsp3) is 0.200. The van der Waals surface area contributed by atoms with Crippen molar-refractivity contribution in [3.05, 3.63) is 65.2 Å². The van der Waals surface area contributed by atoms with Crippen LogP contribution >= 0.6 is 11.8 Å². The van der Waals surface area contributed by atoms with Gasteiger partial charge in [-0.05, 0) is 30.7 Å². The molecule has 2 aromatic carbocycles. The van der Waals surface area contributed by atoms with Crippen molar-refractivity contribution in [3.63, 3.8) is 0 Å². The molecule has 1 fully saturated rings. The lowest BCUT2D eigenvalue weighted by Crippen LogP contribution is -2.43. The zero-order valence-corrected chi connectivity index (χ0v) is 15.5. The van der Waals surface area contributed by atoms with Gasteiger partial charge in [-0.2, -0.15) is 0 Å². The molecule has 0 unspecified atom stereocenters. The van der Waals surface area contributed by atoms with Gasteiger partial charge in [0.05, 0.1) is 16.8 Å². The van der Waals surface area contributed by atoms with E-state index in [1.54, 1.807) is 29.2 Å². The Labute approximate surface area is 160 Å². The molecule has 2 aliphatic heterocycles. The Balaban J connectivity index is 1.54. The molecule has 0 radical (unpaired) electrons. The summed E-state index contributed by atoms with van der Waals surface area (Å²) in [6, 6.07) is 14.3. The molecule has 0 saturated carbocycles. The summed E-state index contributed by atoms with van der Waals surface area (Å²) in [6.07, 6.45) is 0. The molecule has 6 nitrogen and oxygen atoms in total. The van der Waals surface area contributed by atoms with Crippen LogP contribution in [0.3, 0.4) is 0 Å². The minimum atomic E-state index is -0.423. The van der Waals surface area contributed by atoms with Gasteiger partial charge in [0.1, 0.15) is 6.54 Å². The highest BCUT2D eigenvalue weighted by Gasteiger charge is 2.38. The zero-order chi connectivity index (χ0) is 19.0. The highest BCUT2D eigenvalue weighted by molar-refractivity contribution is 8.14. The number of nitrogens with zero attached hydrogens (tertiary/aromatic N) is 3. The maximum Gasteiger partial charge on any atom is 0.262 e. The van der Waals surface area contributed by atoms with Crippen LogP contribution in [0.2, 0.25) is 0 Å². The second kappa shape index (κ2) is 7.00. The Morgan fingerprint density at radius 2 is 1.67 bits per heavy atom. The first kappa shape index (κ1) is 17.5. The number of carbonyl (C=O) groups excluding carboxylic acids is 3. The Hall–Kier alpha value is -2.93. The molecular weight excluding hydrogens is 362 g/mol. The number of amides is 3. The number of aryl methyl sites for hydroxylation is 1. The highest BCUT2D eigenvalue weighted by atomic mass is 32.2. The molecule has 7 heteroatoms. The predicted molar refractivity (Wildman–Crippen MR) is 104 cm³/mol. The summed E-state index contributed by atoms with van der Waals surface area (Å²) in [5, 5.41) is 0.603. The molecule has 3 amide bonds. The van der Waals surface area contributed by atoms with E-state index in [0.717, 1.165) is 21.9 Å². The summed E-state index contributed by atoms with van der Waals surface area (Å²) >= 11 is 1.50. The summed E-state index contributed by atoms with van der Waals surface area (Å²) in [5.74, 6) is -0.415. The quantitative estimate of drug-likeness (QED) is 0.769. The lowest BCUT2D eigenvalue weighted by atomic mass is 10.1. The topological polar surface area (TPSA) is 70.1 Å². The number of carbonyl (C=O) groups is 3. The van der Waals surface area contributed by atoms with Crippen LogP contribution in [0.4, 0.5) is 5.69 Å². The van der Waals surface area contributed by atoms with Gasteiger partial charge < -0.3 is 0 Å². The number of para-hydroxylation sites is 1. The summed E-state index contributed by atoms with van der Waals surface area (Å²) in [4.78, 5) is 44.9. The smallest absolute Gasteiger partial charge is 0.262 e. The number of hydrogen-bond donors (Lipinski definition) is 0. The van der Waals surface area contributed by atoms with Gasteiger partial charge in [-0.15, -0.1) is 0 Å². The first-order valence-electron chi connectivity index (χ1n) is 8.59. The van der Waals surface area contributed by atoms with Crippen molar-refractivity contribution in [2.24, 2.45) is 4.99 Å². The third-order valence-electron chi connectivity index (χ3n) is 4.58. The van der Waals surface area contributed by atoms with Crippen molar-refractivity contribution in [3.8, 4) is 0 Å². The molecular formula is C20H17N3O3S. The number of rotatable bonds is 3. The van der Waals surface area contributed by atoms with Crippen molar-refractivity contribution in [2.75, 3.05) is 18.8 Å². The number of thioether (sulfide) groups is 1. The Kier molecular flexibility index (Phi) is 4.53.